The van der Waals surface area contributed by atoms with E-state index in [-0.39, 0.29) is 29.6 Å². The molecular formula is C24H31FN2O2. The lowest BCUT2D eigenvalue weighted by atomic mass is 10.0. The highest BCUT2D eigenvalue weighted by molar-refractivity contribution is 5.88. The van der Waals surface area contributed by atoms with Gasteiger partial charge in [-0.3, -0.25) is 9.59 Å². The molecule has 5 heteroatoms. The van der Waals surface area contributed by atoms with Gasteiger partial charge in [0.15, 0.2) is 0 Å². The Morgan fingerprint density at radius 2 is 1.55 bits per heavy atom. The largest absolute Gasteiger partial charge is 0.350 e. The molecule has 0 aromatic heterocycles. The van der Waals surface area contributed by atoms with E-state index in [1.807, 2.05) is 58.9 Å². The Hall–Kier alpha value is -2.69. The van der Waals surface area contributed by atoms with Crippen molar-refractivity contribution in [3.05, 3.63) is 71.0 Å². The first-order chi connectivity index (χ1) is 13.6. The lowest BCUT2D eigenvalue weighted by Crippen LogP contribution is -2.53. The molecule has 4 nitrogen and oxygen atoms in total. The van der Waals surface area contributed by atoms with Crippen LogP contribution in [0.25, 0.3) is 0 Å². The number of amides is 2. The lowest BCUT2D eigenvalue weighted by Gasteiger charge is -2.33. The summed E-state index contributed by atoms with van der Waals surface area (Å²) in [6.45, 7) is 10.0. The number of aryl methyl sites for hydroxylation is 1. The van der Waals surface area contributed by atoms with Gasteiger partial charge in [-0.15, -0.1) is 0 Å². The Morgan fingerprint density at radius 1 is 1.00 bits per heavy atom. The van der Waals surface area contributed by atoms with Gasteiger partial charge < -0.3 is 10.2 Å². The summed E-state index contributed by atoms with van der Waals surface area (Å²) in [6, 6.07) is 13.3. The van der Waals surface area contributed by atoms with Crippen molar-refractivity contribution in [1.82, 2.24) is 10.2 Å². The summed E-state index contributed by atoms with van der Waals surface area (Å²) >= 11 is 0. The highest BCUT2D eigenvalue weighted by Gasteiger charge is 2.30. The average Bonchev–Trinajstić information content (AvgIpc) is 2.63. The number of benzene rings is 2. The van der Waals surface area contributed by atoms with Crippen LogP contribution in [0.1, 0.15) is 50.8 Å². The van der Waals surface area contributed by atoms with Gasteiger partial charge in [-0.05, 0) is 57.4 Å². The number of rotatable bonds is 7. The highest BCUT2D eigenvalue weighted by Crippen LogP contribution is 2.16. The molecule has 2 aromatic rings. The minimum absolute atomic E-state index is 0.117. The van der Waals surface area contributed by atoms with Crippen molar-refractivity contribution in [3.8, 4) is 0 Å². The summed E-state index contributed by atoms with van der Waals surface area (Å²) in [6.07, 6.45) is 0.619. The first-order valence-corrected chi connectivity index (χ1v) is 10.0. The fourth-order valence-corrected chi connectivity index (χ4v) is 3.14. The fraction of sp³-hybridized carbons (Fsp3) is 0.417. The van der Waals surface area contributed by atoms with Crippen molar-refractivity contribution < 1.29 is 14.0 Å². The van der Waals surface area contributed by atoms with Crippen LogP contribution in [0.5, 0.6) is 0 Å². The summed E-state index contributed by atoms with van der Waals surface area (Å²) in [5.74, 6) is -0.665. The Labute approximate surface area is 173 Å². The van der Waals surface area contributed by atoms with Crippen LogP contribution in [-0.4, -0.2) is 28.3 Å². The standard InChI is InChI=1S/C24H31FN2O2/c1-6-21(23(29)26-24(3,4)5)27(16-19-9-7-17(2)8-10-19)22(28)15-18-11-13-20(25)14-12-18/h7-14,21H,6,15-16H2,1-5H3,(H,26,29)/t21-/m1/s1. The monoisotopic (exact) mass is 398 g/mol. The quantitative estimate of drug-likeness (QED) is 0.752. The maximum Gasteiger partial charge on any atom is 0.243 e. The molecule has 2 amide bonds. The molecule has 0 heterocycles. The van der Waals surface area contributed by atoms with E-state index in [1.54, 1.807) is 17.0 Å². The summed E-state index contributed by atoms with van der Waals surface area (Å²) < 4.78 is 13.2. The molecule has 0 aliphatic rings. The number of nitrogens with zero attached hydrogens (tertiary/aromatic N) is 1. The van der Waals surface area contributed by atoms with E-state index in [9.17, 15) is 14.0 Å². The minimum atomic E-state index is -0.580. The molecule has 0 spiro atoms. The van der Waals surface area contributed by atoms with Crippen LogP contribution in [0.3, 0.4) is 0 Å². The van der Waals surface area contributed by atoms with Gasteiger partial charge in [-0.25, -0.2) is 4.39 Å². The Morgan fingerprint density at radius 3 is 2.07 bits per heavy atom. The van der Waals surface area contributed by atoms with Crippen LogP contribution in [-0.2, 0) is 22.6 Å². The number of nitrogens with one attached hydrogen (secondary N) is 1. The summed E-state index contributed by atoms with van der Waals surface area (Å²) in [5, 5.41) is 2.99. The van der Waals surface area contributed by atoms with Gasteiger partial charge in [0.2, 0.25) is 11.8 Å². The molecule has 1 N–H and O–H groups in total. The molecule has 2 aromatic carbocycles. The summed E-state index contributed by atoms with van der Waals surface area (Å²) in [7, 11) is 0. The van der Waals surface area contributed by atoms with Gasteiger partial charge in [-0.2, -0.15) is 0 Å². The average molecular weight is 399 g/mol. The van der Waals surface area contributed by atoms with Crippen LogP contribution in [0, 0.1) is 12.7 Å². The van der Waals surface area contributed by atoms with Crippen LogP contribution < -0.4 is 5.32 Å². The second kappa shape index (κ2) is 9.68. The fourth-order valence-electron chi connectivity index (χ4n) is 3.14. The first-order valence-electron chi connectivity index (χ1n) is 10.0. The molecule has 0 saturated heterocycles. The zero-order valence-corrected chi connectivity index (χ0v) is 18.0. The van der Waals surface area contributed by atoms with Crippen LogP contribution in [0.4, 0.5) is 4.39 Å². The van der Waals surface area contributed by atoms with Crippen molar-refractivity contribution in [2.24, 2.45) is 0 Å². The van der Waals surface area contributed by atoms with Crippen molar-refractivity contribution >= 4 is 11.8 Å². The smallest absolute Gasteiger partial charge is 0.243 e. The van der Waals surface area contributed by atoms with Gasteiger partial charge in [0, 0.05) is 12.1 Å². The van der Waals surface area contributed by atoms with Crippen molar-refractivity contribution in [3.63, 3.8) is 0 Å². The third-order valence-corrected chi connectivity index (χ3v) is 4.63. The van der Waals surface area contributed by atoms with E-state index < -0.39 is 6.04 Å². The summed E-state index contributed by atoms with van der Waals surface area (Å²) in [5.41, 5.74) is 2.43. The Balaban J connectivity index is 2.29. The Bertz CT molecular complexity index is 823. The zero-order chi connectivity index (χ0) is 21.6. The van der Waals surface area contributed by atoms with Crippen LogP contribution in [0.15, 0.2) is 48.5 Å². The number of halogens is 1. The molecule has 0 unspecified atom stereocenters. The third kappa shape index (κ3) is 7.00. The van der Waals surface area contributed by atoms with Gasteiger partial charge in [-0.1, -0.05) is 48.9 Å². The molecular weight excluding hydrogens is 367 g/mol. The first kappa shape index (κ1) is 22.6. The number of carbonyl (C=O) groups is 2. The van der Waals surface area contributed by atoms with Crippen molar-refractivity contribution in [2.45, 2.75) is 65.6 Å². The second-order valence-electron chi connectivity index (χ2n) is 8.47. The second-order valence-corrected chi connectivity index (χ2v) is 8.47. The molecule has 1 atom stereocenters. The predicted octanol–water partition coefficient (Wildman–Crippen LogP) is 4.40. The number of hydrogen-bond donors (Lipinski definition) is 1. The molecule has 156 valence electrons. The number of hydrogen-bond acceptors (Lipinski definition) is 2. The van der Waals surface area contributed by atoms with E-state index in [1.165, 1.54) is 12.1 Å². The van der Waals surface area contributed by atoms with Crippen molar-refractivity contribution in [1.29, 1.82) is 0 Å². The van der Waals surface area contributed by atoms with E-state index in [2.05, 4.69) is 5.32 Å². The highest BCUT2D eigenvalue weighted by atomic mass is 19.1. The molecule has 0 aliphatic heterocycles. The van der Waals surface area contributed by atoms with E-state index in [4.69, 9.17) is 0 Å². The SMILES string of the molecule is CC[C@H](C(=O)NC(C)(C)C)N(Cc1ccc(C)cc1)C(=O)Cc1ccc(F)cc1. The van der Waals surface area contributed by atoms with Crippen molar-refractivity contribution in [2.75, 3.05) is 0 Å². The summed E-state index contributed by atoms with van der Waals surface area (Å²) in [4.78, 5) is 27.7. The topological polar surface area (TPSA) is 49.4 Å². The molecule has 0 radical (unpaired) electrons. The Kier molecular flexibility index (Phi) is 7.54. The number of carbonyl (C=O) groups excluding carboxylic acids is 2. The zero-order valence-electron chi connectivity index (χ0n) is 18.0. The minimum Gasteiger partial charge on any atom is -0.350 e. The van der Waals surface area contributed by atoms with Crippen LogP contribution in [0.2, 0.25) is 0 Å². The lowest BCUT2D eigenvalue weighted by molar-refractivity contribution is -0.141. The van der Waals surface area contributed by atoms with Gasteiger partial charge in [0.05, 0.1) is 6.42 Å². The predicted molar refractivity (Wildman–Crippen MR) is 114 cm³/mol. The molecule has 2 rings (SSSR count). The van der Waals surface area contributed by atoms with Gasteiger partial charge in [0.25, 0.3) is 0 Å². The third-order valence-electron chi connectivity index (χ3n) is 4.63. The molecule has 0 aliphatic carbocycles. The maximum absolute atomic E-state index is 13.2. The maximum atomic E-state index is 13.2. The van der Waals surface area contributed by atoms with E-state index >= 15 is 0 Å². The normalized spacial score (nSPS) is 12.3. The molecule has 0 saturated carbocycles. The van der Waals surface area contributed by atoms with Crippen LogP contribution >= 0.6 is 0 Å². The molecule has 29 heavy (non-hydrogen) atoms. The molecule has 0 bridgehead atoms. The van der Waals surface area contributed by atoms with Gasteiger partial charge >= 0.3 is 0 Å². The molecule has 0 fully saturated rings. The van der Waals surface area contributed by atoms with Gasteiger partial charge in [0.1, 0.15) is 11.9 Å². The van der Waals surface area contributed by atoms with E-state index in [0.717, 1.165) is 16.7 Å². The van der Waals surface area contributed by atoms with E-state index in [0.29, 0.717) is 13.0 Å².